The maximum absolute atomic E-state index is 13.4. The quantitative estimate of drug-likeness (QED) is 0.641. The third-order valence-corrected chi connectivity index (χ3v) is 5.75. The van der Waals surface area contributed by atoms with Crippen LogP contribution in [-0.2, 0) is 11.2 Å². The Balaban J connectivity index is 1.40. The van der Waals surface area contributed by atoms with Gasteiger partial charge >= 0.3 is 0 Å². The largest absolute Gasteiger partial charge is 0.497 e. The lowest BCUT2D eigenvalue weighted by atomic mass is 9.89. The maximum Gasteiger partial charge on any atom is 0.252 e. The SMILES string of the molecule is COc1ccc(CC2CCN(C(=O)C(c3ccccc3)n3cccn3)CC2)cc1. The van der Waals surface area contributed by atoms with Gasteiger partial charge in [-0.1, -0.05) is 42.5 Å². The average molecular weight is 389 g/mol. The molecule has 1 aromatic heterocycles. The van der Waals surface area contributed by atoms with Gasteiger partial charge in [-0.3, -0.25) is 9.48 Å². The highest BCUT2D eigenvalue weighted by Crippen LogP contribution is 2.26. The topological polar surface area (TPSA) is 47.4 Å². The first-order chi connectivity index (χ1) is 14.2. The first-order valence-corrected chi connectivity index (χ1v) is 10.2. The van der Waals surface area contributed by atoms with E-state index in [4.69, 9.17) is 4.74 Å². The normalized spacial score (nSPS) is 15.8. The van der Waals surface area contributed by atoms with Crippen molar-refractivity contribution in [1.29, 1.82) is 0 Å². The van der Waals surface area contributed by atoms with Gasteiger partial charge in [-0.15, -0.1) is 0 Å². The van der Waals surface area contributed by atoms with Crippen LogP contribution in [0.2, 0.25) is 0 Å². The molecule has 2 aromatic carbocycles. The average Bonchev–Trinajstić information content (AvgIpc) is 3.30. The van der Waals surface area contributed by atoms with Crippen LogP contribution in [0.1, 0.15) is 30.0 Å². The molecule has 1 fully saturated rings. The van der Waals surface area contributed by atoms with Crippen LogP contribution in [0.5, 0.6) is 5.75 Å². The molecule has 5 nitrogen and oxygen atoms in total. The summed E-state index contributed by atoms with van der Waals surface area (Å²) >= 11 is 0. The van der Waals surface area contributed by atoms with E-state index in [1.807, 2.05) is 59.6 Å². The lowest BCUT2D eigenvalue weighted by molar-refractivity contribution is -0.135. The summed E-state index contributed by atoms with van der Waals surface area (Å²) in [6, 6.07) is 19.7. The van der Waals surface area contributed by atoms with E-state index in [1.165, 1.54) is 5.56 Å². The monoisotopic (exact) mass is 389 g/mol. The Bertz CT molecular complexity index is 899. The first kappa shape index (κ1) is 19.2. The van der Waals surface area contributed by atoms with Crippen molar-refractivity contribution in [2.45, 2.75) is 25.3 Å². The number of likely N-dealkylation sites (tertiary alicyclic amines) is 1. The number of carbonyl (C=O) groups is 1. The van der Waals surface area contributed by atoms with E-state index in [1.54, 1.807) is 18.0 Å². The second-order valence-electron chi connectivity index (χ2n) is 7.62. The molecule has 29 heavy (non-hydrogen) atoms. The van der Waals surface area contributed by atoms with Crippen LogP contribution in [0.15, 0.2) is 73.1 Å². The van der Waals surface area contributed by atoms with Crippen LogP contribution >= 0.6 is 0 Å². The molecule has 0 N–H and O–H groups in total. The minimum Gasteiger partial charge on any atom is -0.497 e. The number of piperidine rings is 1. The van der Waals surface area contributed by atoms with E-state index in [9.17, 15) is 4.79 Å². The fourth-order valence-electron chi connectivity index (χ4n) is 4.10. The molecule has 1 aliphatic heterocycles. The molecule has 0 aliphatic carbocycles. The van der Waals surface area contributed by atoms with Gasteiger partial charge in [-0.25, -0.2) is 0 Å². The van der Waals surface area contributed by atoms with Crippen molar-refractivity contribution in [2.75, 3.05) is 20.2 Å². The van der Waals surface area contributed by atoms with E-state index in [-0.39, 0.29) is 5.91 Å². The Hall–Kier alpha value is -3.08. The summed E-state index contributed by atoms with van der Waals surface area (Å²) in [4.78, 5) is 15.4. The van der Waals surface area contributed by atoms with Gasteiger partial charge in [0.25, 0.3) is 5.91 Å². The molecule has 1 saturated heterocycles. The van der Waals surface area contributed by atoms with E-state index >= 15 is 0 Å². The standard InChI is InChI=1S/C24H27N3O2/c1-29-22-10-8-19(9-11-22)18-20-12-16-26(17-13-20)24(28)23(27-15-5-14-25-27)21-6-3-2-4-7-21/h2-11,14-15,20,23H,12-13,16-18H2,1H3. The summed E-state index contributed by atoms with van der Waals surface area (Å²) in [5.41, 5.74) is 2.30. The van der Waals surface area contributed by atoms with Gasteiger partial charge in [-0.05, 0) is 54.5 Å². The molecule has 0 radical (unpaired) electrons. The van der Waals surface area contributed by atoms with Crippen LogP contribution < -0.4 is 4.74 Å². The number of ether oxygens (including phenoxy) is 1. The van der Waals surface area contributed by atoms with Gasteiger partial charge in [0.15, 0.2) is 6.04 Å². The van der Waals surface area contributed by atoms with Gasteiger partial charge in [0.2, 0.25) is 0 Å². The minimum absolute atomic E-state index is 0.128. The van der Waals surface area contributed by atoms with Crippen molar-refractivity contribution in [3.8, 4) is 5.75 Å². The third-order valence-electron chi connectivity index (χ3n) is 5.75. The molecule has 0 bridgehead atoms. The lowest BCUT2D eigenvalue weighted by Crippen LogP contribution is -2.43. The zero-order valence-corrected chi connectivity index (χ0v) is 16.8. The number of amides is 1. The Kier molecular flexibility index (Phi) is 5.94. The second-order valence-corrected chi connectivity index (χ2v) is 7.62. The van der Waals surface area contributed by atoms with Crippen LogP contribution in [0.4, 0.5) is 0 Å². The number of methoxy groups -OCH3 is 1. The first-order valence-electron chi connectivity index (χ1n) is 10.2. The number of carbonyl (C=O) groups excluding carboxylic acids is 1. The minimum atomic E-state index is -0.399. The number of nitrogens with zero attached hydrogens (tertiary/aromatic N) is 3. The van der Waals surface area contributed by atoms with Crippen LogP contribution in [0, 0.1) is 5.92 Å². The zero-order valence-electron chi connectivity index (χ0n) is 16.8. The molecule has 1 amide bonds. The zero-order chi connectivity index (χ0) is 20.1. The molecule has 1 unspecified atom stereocenters. The van der Waals surface area contributed by atoms with Gasteiger partial charge in [0.05, 0.1) is 7.11 Å². The molecule has 150 valence electrons. The van der Waals surface area contributed by atoms with E-state index in [2.05, 4.69) is 17.2 Å². The van der Waals surface area contributed by atoms with Gasteiger partial charge in [-0.2, -0.15) is 5.10 Å². The number of hydrogen-bond acceptors (Lipinski definition) is 3. The van der Waals surface area contributed by atoms with Crippen LogP contribution in [-0.4, -0.2) is 40.8 Å². The Morgan fingerprint density at radius 1 is 1.07 bits per heavy atom. The molecular weight excluding hydrogens is 362 g/mol. The molecule has 1 atom stereocenters. The van der Waals surface area contributed by atoms with Crippen molar-refractivity contribution in [2.24, 2.45) is 5.92 Å². The molecular formula is C24H27N3O2. The highest BCUT2D eigenvalue weighted by atomic mass is 16.5. The van der Waals surface area contributed by atoms with E-state index in [0.717, 1.165) is 43.7 Å². The summed E-state index contributed by atoms with van der Waals surface area (Å²) in [7, 11) is 1.69. The van der Waals surface area contributed by atoms with Gasteiger partial charge < -0.3 is 9.64 Å². The third kappa shape index (κ3) is 4.50. The highest BCUT2D eigenvalue weighted by Gasteiger charge is 2.30. The van der Waals surface area contributed by atoms with Crippen molar-refractivity contribution in [1.82, 2.24) is 14.7 Å². The summed E-state index contributed by atoms with van der Waals surface area (Å²) in [5, 5.41) is 4.35. The Morgan fingerprint density at radius 2 is 1.79 bits per heavy atom. The number of rotatable bonds is 6. The molecule has 5 heteroatoms. The molecule has 1 aliphatic rings. The highest BCUT2D eigenvalue weighted by molar-refractivity contribution is 5.83. The van der Waals surface area contributed by atoms with E-state index in [0.29, 0.717) is 5.92 Å². The van der Waals surface area contributed by atoms with Crippen LogP contribution in [0.3, 0.4) is 0 Å². The van der Waals surface area contributed by atoms with E-state index < -0.39 is 6.04 Å². The molecule has 3 aromatic rings. The number of aromatic nitrogens is 2. The summed E-state index contributed by atoms with van der Waals surface area (Å²) in [6.07, 6.45) is 6.69. The molecule has 0 saturated carbocycles. The van der Waals surface area contributed by atoms with Gasteiger partial charge in [0.1, 0.15) is 5.75 Å². The van der Waals surface area contributed by atoms with Crippen molar-refractivity contribution < 1.29 is 9.53 Å². The molecule has 2 heterocycles. The maximum atomic E-state index is 13.4. The number of hydrogen-bond donors (Lipinski definition) is 0. The predicted octanol–water partition coefficient (Wildman–Crippen LogP) is 3.96. The summed E-state index contributed by atoms with van der Waals surface area (Å²) in [6.45, 7) is 1.59. The second kappa shape index (κ2) is 8.95. The molecule has 4 rings (SSSR count). The molecule has 0 spiro atoms. The fourth-order valence-corrected chi connectivity index (χ4v) is 4.10. The smallest absolute Gasteiger partial charge is 0.252 e. The Morgan fingerprint density at radius 3 is 2.41 bits per heavy atom. The van der Waals surface area contributed by atoms with Crippen molar-refractivity contribution in [3.63, 3.8) is 0 Å². The predicted molar refractivity (Wildman–Crippen MR) is 113 cm³/mol. The summed E-state index contributed by atoms with van der Waals surface area (Å²) in [5.74, 6) is 1.62. The van der Waals surface area contributed by atoms with Crippen LogP contribution in [0.25, 0.3) is 0 Å². The van der Waals surface area contributed by atoms with Gasteiger partial charge in [0, 0.05) is 25.5 Å². The fraction of sp³-hybridized carbons (Fsp3) is 0.333. The lowest BCUT2D eigenvalue weighted by Gasteiger charge is -2.34. The Labute approximate surface area is 171 Å². The van der Waals surface area contributed by atoms with Crippen molar-refractivity contribution >= 4 is 5.91 Å². The number of benzene rings is 2. The summed E-state index contributed by atoms with van der Waals surface area (Å²) < 4.78 is 7.00. The van der Waals surface area contributed by atoms with Crippen molar-refractivity contribution in [3.05, 3.63) is 84.2 Å².